The summed E-state index contributed by atoms with van der Waals surface area (Å²) in [7, 11) is 3.16. The first-order valence-electron chi connectivity index (χ1n) is 9.86. The van der Waals surface area contributed by atoms with Gasteiger partial charge >= 0.3 is 0 Å². The maximum absolute atomic E-state index is 13.1. The first-order chi connectivity index (χ1) is 15.6. The molecule has 7 heteroatoms. The van der Waals surface area contributed by atoms with Crippen molar-refractivity contribution in [3.05, 3.63) is 88.8 Å². The second kappa shape index (κ2) is 9.89. The van der Waals surface area contributed by atoms with Gasteiger partial charge in [0.1, 0.15) is 12.4 Å². The maximum Gasteiger partial charge on any atom is 0.270 e. The number of carbonyl (C=O) groups is 1. The first kappa shape index (κ1) is 21.9. The Bertz CT molecular complexity index is 1180. The van der Waals surface area contributed by atoms with Crippen LogP contribution in [0.25, 0.3) is 6.08 Å². The van der Waals surface area contributed by atoms with E-state index in [1.54, 1.807) is 26.4 Å². The van der Waals surface area contributed by atoms with E-state index in [0.29, 0.717) is 38.8 Å². The number of benzene rings is 3. The highest BCUT2D eigenvalue weighted by Gasteiger charge is 2.34. The zero-order chi connectivity index (χ0) is 22.5. The van der Waals surface area contributed by atoms with E-state index in [2.05, 4.69) is 0 Å². The van der Waals surface area contributed by atoms with E-state index in [9.17, 15) is 4.79 Å². The molecule has 0 radical (unpaired) electrons. The topological polar surface area (TPSA) is 48.0 Å². The van der Waals surface area contributed by atoms with Crippen LogP contribution in [0.2, 0.25) is 0 Å². The third-order valence-corrected chi connectivity index (χ3v) is 6.14. The van der Waals surface area contributed by atoms with E-state index in [4.69, 9.17) is 26.4 Å². The van der Waals surface area contributed by atoms with Crippen molar-refractivity contribution in [1.82, 2.24) is 0 Å². The van der Waals surface area contributed by atoms with Crippen molar-refractivity contribution in [2.24, 2.45) is 0 Å². The fourth-order valence-electron chi connectivity index (χ4n) is 3.27. The van der Waals surface area contributed by atoms with Crippen LogP contribution in [0.4, 0.5) is 5.69 Å². The van der Waals surface area contributed by atoms with E-state index in [1.807, 2.05) is 66.7 Å². The Kier molecular flexibility index (Phi) is 6.78. The highest BCUT2D eigenvalue weighted by atomic mass is 32.2. The van der Waals surface area contributed by atoms with E-state index in [0.717, 1.165) is 11.1 Å². The minimum atomic E-state index is -0.187. The number of methoxy groups -OCH3 is 2. The second-order valence-electron chi connectivity index (χ2n) is 6.87. The smallest absolute Gasteiger partial charge is 0.270 e. The van der Waals surface area contributed by atoms with Crippen molar-refractivity contribution < 1.29 is 19.0 Å². The largest absolute Gasteiger partial charge is 0.495 e. The predicted octanol–water partition coefficient (Wildman–Crippen LogP) is 5.69. The molecule has 3 aromatic rings. The molecule has 32 heavy (non-hydrogen) atoms. The summed E-state index contributed by atoms with van der Waals surface area (Å²) in [5.41, 5.74) is 2.51. The number of nitrogens with zero attached hydrogens (tertiary/aromatic N) is 1. The molecule has 1 aliphatic heterocycles. The molecule has 3 aromatic carbocycles. The summed E-state index contributed by atoms with van der Waals surface area (Å²) in [6.45, 7) is 0.439. The number of hydrogen-bond acceptors (Lipinski definition) is 6. The lowest BCUT2D eigenvalue weighted by atomic mass is 10.1. The zero-order valence-electron chi connectivity index (χ0n) is 17.6. The highest BCUT2D eigenvalue weighted by Crippen LogP contribution is 2.40. The maximum atomic E-state index is 13.1. The third kappa shape index (κ3) is 4.64. The average Bonchev–Trinajstić information content (AvgIpc) is 3.11. The molecular formula is C25H21NO4S2. The van der Waals surface area contributed by atoms with E-state index < -0.39 is 0 Å². The van der Waals surface area contributed by atoms with Gasteiger partial charge in [-0.1, -0.05) is 72.5 Å². The van der Waals surface area contributed by atoms with Crippen LogP contribution in [0.1, 0.15) is 11.1 Å². The number of para-hydroxylation sites is 2. The molecule has 0 saturated carbocycles. The van der Waals surface area contributed by atoms with Crippen LogP contribution in [0, 0.1) is 0 Å². The summed E-state index contributed by atoms with van der Waals surface area (Å²) in [4.78, 5) is 15.1. The van der Waals surface area contributed by atoms with Crippen molar-refractivity contribution >= 4 is 46.0 Å². The number of ether oxygens (including phenoxy) is 3. The molecule has 1 heterocycles. The minimum Gasteiger partial charge on any atom is -0.495 e. The Labute approximate surface area is 196 Å². The molecule has 162 valence electrons. The molecule has 0 spiro atoms. The molecule has 0 unspecified atom stereocenters. The van der Waals surface area contributed by atoms with Crippen molar-refractivity contribution in [3.63, 3.8) is 0 Å². The van der Waals surface area contributed by atoms with Crippen molar-refractivity contribution in [1.29, 1.82) is 0 Å². The van der Waals surface area contributed by atoms with Crippen LogP contribution >= 0.6 is 24.0 Å². The minimum absolute atomic E-state index is 0.187. The SMILES string of the molecule is COc1cc(/C=C2\SC(=S)N(c3ccccc3OC)C2=O)ccc1OCc1ccccc1. The number of thiocarbonyl (C=S) groups is 1. The predicted molar refractivity (Wildman–Crippen MR) is 132 cm³/mol. The molecule has 1 aliphatic rings. The summed E-state index contributed by atoms with van der Waals surface area (Å²) in [6, 6.07) is 22.8. The van der Waals surface area contributed by atoms with Gasteiger partial charge in [0.25, 0.3) is 5.91 Å². The van der Waals surface area contributed by atoms with Crippen LogP contribution in [0.15, 0.2) is 77.7 Å². The fraction of sp³-hybridized carbons (Fsp3) is 0.120. The van der Waals surface area contributed by atoms with Crippen molar-refractivity contribution in [2.45, 2.75) is 6.61 Å². The lowest BCUT2D eigenvalue weighted by Crippen LogP contribution is -2.27. The normalized spacial score (nSPS) is 14.7. The first-order valence-corrected chi connectivity index (χ1v) is 11.1. The van der Waals surface area contributed by atoms with E-state index >= 15 is 0 Å². The van der Waals surface area contributed by atoms with Gasteiger partial charge in [0.15, 0.2) is 15.8 Å². The number of anilines is 1. The van der Waals surface area contributed by atoms with Gasteiger partial charge < -0.3 is 14.2 Å². The van der Waals surface area contributed by atoms with Gasteiger partial charge in [-0.25, -0.2) is 0 Å². The summed E-state index contributed by atoms with van der Waals surface area (Å²) < 4.78 is 17.3. The third-order valence-electron chi connectivity index (χ3n) is 4.84. The van der Waals surface area contributed by atoms with Crippen molar-refractivity contribution in [2.75, 3.05) is 19.1 Å². The van der Waals surface area contributed by atoms with Gasteiger partial charge in [0.05, 0.1) is 24.8 Å². The molecule has 0 N–H and O–H groups in total. The molecule has 1 saturated heterocycles. The molecule has 0 atom stereocenters. The number of carbonyl (C=O) groups excluding carboxylic acids is 1. The molecule has 0 aliphatic carbocycles. The van der Waals surface area contributed by atoms with Crippen LogP contribution in [0.5, 0.6) is 17.2 Å². The Morgan fingerprint density at radius 3 is 2.38 bits per heavy atom. The van der Waals surface area contributed by atoms with Gasteiger partial charge in [-0.2, -0.15) is 0 Å². The quantitative estimate of drug-likeness (QED) is 0.331. The summed E-state index contributed by atoms with van der Waals surface area (Å²) >= 11 is 6.73. The Morgan fingerprint density at radius 1 is 0.906 bits per heavy atom. The van der Waals surface area contributed by atoms with Gasteiger partial charge in [0, 0.05) is 0 Å². The lowest BCUT2D eigenvalue weighted by Gasteiger charge is -2.17. The fourth-order valence-corrected chi connectivity index (χ4v) is 4.55. The standard InChI is InChI=1S/C25H21NO4S2/c1-28-20-11-7-6-10-19(20)26-24(27)23(32-25(26)31)15-18-12-13-21(22(14-18)29-2)30-16-17-8-4-3-5-9-17/h3-15H,16H2,1-2H3/b23-15-. The summed E-state index contributed by atoms with van der Waals surface area (Å²) in [5.74, 6) is 1.63. The second-order valence-corrected chi connectivity index (χ2v) is 8.55. The van der Waals surface area contributed by atoms with Crippen molar-refractivity contribution in [3.8, 4) is 17.2 Å². The summed E-state index contributed by atoms with van der Waals surface area (Å²) in [6.07, 6.45) is 1.80. The number of thioether (sulfide) groups is 1. The Hall–Kier alpha value is -3.29. The average molecular weight is 464 g/mol. The van der Waals surface area contributed by atoms with Gasteiger partial charge in [0.2, 0.25) is 0 Å². The van der Waals surface area contributed by atoms with E-state index in [1.165, 1.54) is 16.7 Å². The zero-order valence-corrected chi connectivity index (χ0v) is 19.2. The molecule has 1 amide bonds. The van der Waals surface area contributed by atoms with Gasteiger partial charge in [-0.15, -0.1) is 0 Å². The van der Waals surface area contributed by atoms with Crippen LogP contribution in [-0.4, -0.2) is 24.4 Å². The monoisotopic (exact) mass is 463 g/mol. The van der Waals surface area contributed by atoms with Crippen LogP contribution in [0.3, 0.4) is 0 Å². The molecular weight excluding hydrogens is 442 g/mol. The molecule has 1 fully saturated rings. The van der Waals surface area contributed by atoms with E-state index in [-0.39, 0.29) is 5.91 Å². The summed E-state index contributed by atoms with van der Waals surface area (Å²) in [5, 5.41) is 0. The molecule has 5 nitrogen and oxygen atoms in total. The number of hydrogen-bond donors (Lipinski definition) is 0. The Morgan fingerprint density at radius 2 is 1.62 bits per heavy atom. The number of amides is 1. The highest BCUT2D eigenvalue weighted by molar-refractivity contribution is 8.27. The molecule has 0 aromatic heterocycles. The van der Waals surface area contributed by atoms with Crippen LogP contribution < -0.4 is 19.1 Å². The molecule has 4 rings (SSSR count). The molecule has 0 bridgehead atoms. The number of rotatable bonds is 7. The Balaban J connectivity index is 1.55. The van der Waals surface area contributed by atoms with Gasteiger partial charge in [-0.3, -0.25) is 9.69 Å². The van der Waals surface area contributed by atoms with Gasteiger partial charge in [-0.05, 0) is 41.5 Å². The van der Waals surface area contributed by atoms with Crippen LogP contribution in [-0.2, 0) is 11.4 Å². The lowest BCUT2D eigenvalue weighted by molar-refractivity contribution is -0.113.